The zero-order valence-corrected chi connectivity index (χ0v) is 16.8. The van der Waals surface area contributed by atoms with Crippen molar-refractivity contribution in [3.05, 3.63) is 83.9 Å². The lowest BCUT2D eigenvalue weighted by molar-refractivity contribution is -0.115. The Kier molecular flexibility index (Phi) is 5.28. The Balaban J connectivity index is 1.41. The van der Waals surface area contributed by atoms with E-state index in [1.54, 1.807) is 23.6 Å². The number of thiazole rings is 1. The zero-order valence-electron chi connectivity index (χ0n) is 15.2. The monoisotopic (exact) mass is 423 g/mol. The normalized spacial score (nSPS) is 11.3. The van der Waals surface area contributed by atoms with Crippen LogP contribution in [-0.4, -0.2) is 19.3 Å². The number of aromatic nitrogens is 1. The summed E-state index contributed by atoms with van der Waals surface area (Å²) in [6.07, 6.45) is 0.0520. The fraction of sp³-hybridized carbons (Fsp3) is 0.0476. The first-order valence-electron chi connectivity index (χ1n) is 8.80. The highest BCUT2D eigenvalue weighted by molar-refractivity contribution is 7.93. The van der Waals surface area contributed by atoms with Crippen molar-refractivity contribution in [3.63, 3.8) is 0 Å². The van der Waals surface area contributed by atoms with Crippen LogP contribution < -0.4 is 10.0 Å². The van der Waals surface area contributed by atoms with Crippen LogP contribution in [0.25, 0.3) is 10.8 Å². The van der Waals surface area contributed by atoms with Crippen LogP contribution in [0.15, 0.2) is 83.1 Å². The minimum absolute atomic E-state index is 0.0520. The van der Waals surface area contributed by atoms with E-state index >= 15 is 0 Å². The summed E-state index contributed by atoms with van der Waals surface area (Å²) in [5.74, 6) is -0.219. The van der Waals surface area contributed by atoms with Crippen molar-refractivity contribution in [2.24, 2.45) is 0 Å². The van der Waals surface area contributed by atoms with Crippen LogP contribution in [0.4, 0.5) is 10.8 Å². The third kappa shape index (κ3) is 4.61. The molecule has 0 aliphatic heterocycles. The minimum Gasteiger partial charge on any atom is -0.326 e. The summed E-state index contributed by atoms with van der Waals surface area (Å²) < 4.78 is 27.2. The van der Waals surface area contributed by atoms with E-state index in [2.05, 4.69) is 15.0 Å². The molecule has 0 bridgehead atoms. The van der Waals surface area contributed by atoms with Gasteiger partial charge < -0.3 is 5.32 Å². The first-order chi connectivity index (χ1) is 14.0. The molecule has 8 heteroatoms. The van der Waals surface area contributed by atoms with Crippen LogP contribution in [0.5, 0.6) is 0 Å². The number of carbonyl (C=O) groups is 1. The van der Waals surface area contributed by atoms with Crippen molar-refractivity contribution in [1.29, 1.82) is 0 Å². The summed E-state index contributed by atoms with van der Waals surface area (Å²) in [5.41, 5.74) is 1.20. The van der Waals surface area contributed by atoms with E-state index in [1.165, 1.54) is 12.1 Å². The van der Waals surface area contributed by atoms with Gasteiger partial charge in [-0.3, -0.25) is 9.52 Å². The van der Waals surface area contributed by atoms with E-state index in [-0.39, 0.29) is 22.4 Å². The van der Waals surface area contributed by atoms with Gasteiger partial charge in [-0.2, -0.15) is 0 Å². The number of rotatable bonds is 6. The summed E-state index contributed by atoms with van der Waals surface area (Å²) in [5, 5.41) is 6.88. The second-order valence-corrected chi connectivity index (χ2v) is 8.89. The lowest BCUT2D eigenvalue weighted by Gasteiger charge is -2.06. The molecule has 6 nitrogen and oxygen atoms in total. The quantitative estimate of drug-likeness (QED) is 0.485. The van der Waals surface area contributed by atoms with E-state index in [4.69, 9.17) is 0 Å². The molecule has 1 heterocycles. The minimum atomic E-state index is -3.70. The highest BCUT2D eigenvalue weighted by Gasteiger charge is 2.16. The molecule has 0 saturated heterocycles. The van der Waals surface area contributed by atoms with Crippen LogP contribution in [0.1, 0.15) is 5.69 Å². The largest absolute Gasteiger partial charge is 0.326 e. The molecule has 4 aromatic rings. The van der Waals surface area contributed by atoms with Gasteiger partial charge in [0.25, 0.3) is 10.0 Å². The fourth-order valence-electron chi connectivity index (χ4n) is 2.85. The number of benzene rings is 3. The molecule has 0 atom stereocenters. The Bertz CT molecular complexity index is 1270. The Hall–Kier alpha value is -3.23. The number of anilines is 2. The average molecular weight is 424 g/mol. The van der Waals surface area contributed by atoms with Crippen LogP contribution in [0.3, 0.4) is 0 Å². The van der Waals surface area contributed by atoms with Gasteiger partial charge in [-0.05, 0) is 35.0 Å². The predicted octanol–water partition coefficient (Wildman–Crippen LogP) is 4.28. The smallest absolute Gasteiger partial charge is 0.263 e. The van der Waals surface area contributed by atoms with Gasteiger partial charge in [-0.15, -0.1) is 11.3 Å². The van der Waals surface area contributed by atoms with E-state index in [0.717, 1.165) is 22.1 Å². The van der Waals surface area contributed by atoms with Crippen molar-refractivity contribution in [2.45, 2.75) is 11.3 Å². The van der Waals surface area contributed by atoms with Crippen molar-refractivity contribution in [1.82, 2.24) is 4.98 Å². The highest BCUT2D eigenvalue weighted by Crippen LogP contribution is 2.22. The van der Waals surface area contributed by atoms with Crippen LogP contribution in [0, 0.1) is 0 Å². The molecule has 0 aliphatic carbocycles. The molecular weight excluding hydrogens is 406 g/mol. The second-order valence-electron chi connectivity index (χ2n) is 6.35. The molecule has 1 amide bonds. The van der Waals surface area contributed by atoms with Gasteiger partial charge in [0.1, 0.15) is 0 Å². The number of hydrogen-bond acceptors (Lipinski definition) is 5. The van der Waals surface area contributed by atoms with Gasteiger partial charge in [0, 0.05) is 11.1 Å². The van der Waals surface area contributed by atoms with E-state index in [1.807, 2.05) is 42.5 Å². The van der Waals surface area contributed by atoms with Crippen LogP contribution in [-0.2, 0) is 21.2 Å². The Labute approximate surface area is 172 Å². The van der Waals surface area contributed by atoms with Crippen molar-refractivity contribution < 1.29 is 13.2 Å². The molecule has 146 valence electrons. The molecule has 0 unspecified atom stereocenters. The van der Waals surface area contributed by atoms with E-state index in [9.17, 15) is 13.2 Å². The van der Waals surface area contributed by atoms with Gasteiger partial charge in [0.15, 0.2) is 5.13 Å². The van der Waals surface area contributed by atoms with Crippen LogP contribution in [0.2, 0.25) is 0 Å². The molecule has 29 heavy (non-hydrogen) atoms. The molecule has 2 N–H and O–H groups in total. The van der Waals surface area contributed by atoms with E-state index < -0.39 is 10.0 Å². The molecular formula is C21H17N3O3S2. The SMILES string of the molecule is O=C(Cc1csc(NS(=O)(=O)c2ccccc2)n1)Nc1ccc2ccccc2c1. The molecule has 0 aliphatic rings. The van der Waals surface area contributed by atoms with Gasteiger partial charge in [-0.1, -0.05) is 48.5 Å². The van der Waals surface area contributed by atoms with Crippen molar-refractivity contribution in [3.8, 4) is 0 Å². The van der Waals surface area contributed by atoms with E-state index in [0.29, 0.717) is 11.4 Å². The molecule has 0 saturated carbocycles. The predicted molar refractivity (Wildman–Crippen MR) is 116 cm³/mol. The maximum absolute atomic E-state index is 12.4. The Morgan fingerprint density at radius 2 is 1.66 bits per heavy atom. The number of amides is 1. The number of carbonyl (C=O) groups excluding carboxylic acids is 1. The fourth-order valence-corrected chi connectivity index (χ4v) is 4.83. The highest BCUT2D eigenvalue weighted by atomic mass is 32.2. The number of nitrogens with one attached hydrogen (secondary N) is 2. The third-order valence-electron chi connectivity index (χ3n) is 4.20. The van der Waals surface area contributed by atoms with Gasteiger partial charge in [0.2, 0.25) is 5.91 Å². The third-order valence-corrected chi connectivity index (χ3v) is 6.49. The average Bonchev–Trinajstić information content (AvgIpc) is 3.14. The topological polar surface area (TPSA) is 88.2 Å². The summed E-state index contributed by atoms with van der Waals surface area (Å²) in [6, 6.07) is 21.7. The zero-order chi connectivity index (χ0) is 20.3. The summed E-state index contributed by atoms with van der Waals surface area (Å²) in [4.78, 5) is 16.7. The molecule has 0 radical (unpaired) electrons. The molecule has 4 rings (SSSR count). The summed E-state index contributed by atoms with van der Waals surface area (Å²) >= 11 is 1.14. The first kappa shape index (κ1) is 19.1. The first-order valence-corrected chi connectivity index (χ1v) is 11.2. The maximum Gasteiger partial charge on any atom is 0.263 e. The second kappa shape index (κ2) is 8.02. The lowest BCUT2D eigenvalue weighted by Crippen LogP contribution is -2.15. The Morgan fingerprint density at radius 1 is 0.931 bits per heavy atom. The summed E-state index contributed by atoms with van der Waals surface area (Å²) in [6.45, 7) is 0. The summed E-state index contributed by atoms with van der Waals surface area (Å²) in [7, 11) is -3.70. The number of fused-ring (bicyclic) bond motifs is 1. The number of nitrogens with zero attached hydrogens (tertiary/aromatic N) is 1. The molecule has 0 fully saturated rings. The molecule has 3 aromatic carbocycles. The van der Waals surface area contributed by atoms with Gasteiger partial charge >= 0.3 is 0 Å². The number of hydrogen-bond donors (Lipinski definition) is 2. The van der Waals surface area contributed by atoms with Crippen LogP contribution >= 0.6 is 11.3 Å². The van der Waals surface area contributed by atoms with Gasteiger partial charge in [0.05, 0.1) is 17.0 Å². The van der Waals surface area contributed by atoms with Crippen molar-refractivity contribution >= 4 is 48.9 Å². The standard InChI is InChI=1S/C21H17N3O3S2/c25-20(22-17-11-10-15-6-4-5-7-16(15)12-17)13-18-14-28-21(23-18)24-29(26,27)19-8-2-1-3-9-19/h1-12,14H,13H2,(H,22,25)(H,23,24). The molecule has 0 spiro atoms. The van der Waals surface area contributed by atoms with Gasteiger partial charge in [-0.25, -0.2) is 13.4 Å². The number of sulfonamides is 1. The lowest BCUT2D eigenvalue weighted by atomic mass is 10.1. The van der Waals surface area contributed by atoms with Crippen molar-refractivity contribution in [2.75, 3.05) is 10.0 Å². The maximum atomic E-state index is 12.4. The molecule has 1 aromatic heterocycles. The Morgan fingerprint density at radius 3 is 2.45 bits per heavy atom.